The fraction of sp³-hybridized carbons (Fsp3) is 0.562. The number of carbonyl (C=O) groups is 1. The zero-order valence-electron chi connectivity index (χ0n) is 14.2. The normalized spacial score (nSPS) is 25.0. The quantitative estimate of drug-likeness (QED) is 0.627. The Morgan fingerprint density at radius 2 is 1.96 bits per heavy atom. The SMILES string of the molecule is COc1ccc([N+](=O)[O-])cc1NC(=O)NC1CC2CCC(C1)N2C.Cl. The predicted molar refractivity (Wildman–Crippen MR) is 96.6 cm³/mol. The minimum absolute atomic E-state index is 0. The zero-order valence-corrected chi connectivity index (χ0v) is 15.0. The molecule has 2 aliphatic rings. The van der Waals surface area contributed by atoms with Crippen LogP contribution in [-0.4, -0.2) is 48.1 Å². The van der Waals surface area contributed by atoms with Gasteiger partial charge in [-0.2, -0.15) is 0 Å². The third-order valence-electron chi connectivity index (χ3n) is 5.08. The Labute approximate surface area is 152 Å². The molecule has 8 nitrogen and oxygen atoms in total. The third kappa shape index (κ3) is 4.13. The van der Waals surface area contributed by atoms with Crippen molar-refractivity contribution in [1.29, 1.82) is 0 Å². The summed E-state index contributed by atoms with van der Waals surface area (Å²) in [6.45, 7) is 0. The van der Waals surface area contributed by atoms with Crippen molar-refractivity contribution in [2.45, 2.75) is 43.8 Å². The number of amides is 2. The average molecular weight is 371 g/mol. The number of urea groups is 1. The lowest BCUT2D eigenvalue weighted by Crippen LogP contribution is -2.49. The largest absolute Gasteiger partial charge is 0.495 e. The van der Waals surface area contributed by atoms with Crippen molar-refractivity contribution in [3.8, 4) is 5.75 Å². The number of nitro benzene ring substituents is 1. The van der Waals surface area contributed by atoms with Crippen LogP contribution in [0.5, 0.6) is 5.75 Å². The number of non-ortho nitro benzene ring substituents is 1. The van der Waals surface area contributed by atoms with Crippen molar-refractivity contribution in [2.75, 3.05) is 19.5 Å². The van der Waals surface area contributed by atoms with Crippen LogP contribution in [0.3, 0.4) is 0 Å². The molecule has 2 N–H and O–H groups in total. The first-order chi connectivity index (χ1) is 11.5. The first-order valence-electron chi connectivity index (χ1n) is 8.10. The molecule has 25 heavy (non-hydrogen) atoms. The average Bonchev–Trinajstić information content (AvgIpc) is 2.76. The molecule has 2 atom stereocenters. The van der Waals surface area contributed by atoms with Crippen LogP contribution >= 0.6 is 12.4 Å². The van der Waals surface area contributed by atoms with E-state index < -0.39 is 4.92 Å². The second-order valence-corrected chi connectivity index (χ2v) is 6.46. The van der Waals surface area contributed by atoms with E-state index in [0.717, 1.165) is 12.8 Å². The van der Waals surface area contributed by atoms with E-state index in [1.54, 1.807) is 0 Å². The van der Waals surface area contributed by atoms with Gasteiger partial charge >= 0.3 is 6.03 Å². The van der Waals surface area contributed by atoms with Gasteiger partial charge in [0.1, 0.15) is 5.75 Å². The number of hydrogen-bond acceptors (Lipinski definition) is 5. The Kier molecular flexibility index (Phi) is 6.07. The number of anilines is 1. The number of fused-ring (bicyclic) bond motifs is 2. The van der Waals surface area contributed by atoms with E-state index in [9.17, 15) is 14.9 Å². The summed E-state index contributed by atoms with van der Waals surface area (Å²) in [5.41, 5.74) is 0.198. The minimum atomic E-state index is -0.503. The standard InChI is InChI=1S/C16H22N4O4.ClH/c1-19-11-3-4-12(19)8-10(7-11)17-16(21)18-14-9-13(20(22)23)5-6-15(14)24-2;/h5-6,9-12H,3-4,7-8H2,1-2H3,(H2,17,18,21);1H. The van der Waals surface area contributed by atoms with Crippen LogP contribution in [0.15, 0.2) is 18.2 Å². The van der Waals surface area contributed by atoms with Crippen LogP contribution in [0, 0.1) is 10.1 Å². The number of nitrogens with one attached hydrogen (secondary N) is 2. The molecule has 9 heteroatoms. The Morgan fingerprint density at radius 1 is 1.32 bits per heavy atom. The Morgan fingerprint density at radius 3 is 2.52 bits per heavy atom. The number of nitrogens with zero attached hydrogens (tertiary/aromatic N) is 2. The molecule has 0 radical (unpaired) electrons. The van der Waals surface area contributed by atoms with E-state index in [4.69, 9.17) is 4.74 Å². The van der Waals surface area contributed by atoms with Crippen molar-refractivity contribution in [3.63, 3.8) is 0 Å². The van der Waals surface area contributed by atoms with Crippen molar-refractivity contribution in [2.24, 2.45) is 0 Å². The predicted octanol–water partition coefficient (Wildman–Crippen LogP) is 2.77. The molecule has 0 spiro atoms. The van der Waals surface area contributed by atoms with E-state index >= 15 is 0 Å². The molecule has 2 saturated heterocycles. The highest BCUT2D eigenvalue weighted by Gasteiger charge is 2.38. The number of benzene rings is 1. The van der Waals surface area contributed by atoms with Gasteiger partial charge in [-0.25, -0.2) is 4.79 Å². The summed E-state index contributed by atoms with van der Waals surface area (Å²) in [5.74, 6) is 0.388. The van der Waals surface area contributed by atoms with E-state index in [0.29, 0.717) is 23.5 Å². The minimum Gasteiger partial charge on any atom is -0.495 e. The molecule has 2 unspecified atom stereocenters. The number of methoxy groups -OCH3 is 1. The van der Waals surface area contributed by atoms with Gasteiger partial charge in [-0.3, -0.25) is 10.1 Å². The maximum Gasteiger partial charge on any atom is 0.319 e. The molecule has 2 fully saturated rings. The number of nitro groups is 1. The summed E-state index contributed by atoms with van der Waals surface area (Å²) in [4.78, 5) is 25.1. The maximum absolute atomic E-state index is 12.3. The number of halogens is 1. The summed E-state index contributed by atoms with van der Waals surface area (Å²) in [6.07, 6.45) is 4.23. The summed E-state index contributed by atoms with van der Waals surface area (Å²) in [7, 11) is 3.60. The van der Waals surface area contributed by atoms with Gasteiger partial charge in [0.2, 0.25) is 0 Å². The Bertz CT molecular complexity index is 643. The lowest BCUT2D eigenvalue weighted by atomic mass is 9.98. The van der Waals surface area contributed by atoms with Gasteiger partial charge in [0.25, 0.3) is 5.69 Å². The maximum atomic E-state index is 12.3. The number of ether oxygens (including phenoxy) is 1. The molecule has 2 amide bonds. The first-order valence-corrected chi connectivity index (χ1v) is 8.10. The van der Waals surface area contributed by atoms with Gasteiger partial charge in [-0.15, -0.1) is 12.4 Å². The number of piperidine rings is 1. The molecule has 0 aromatic heterocycles. The van der Waals surface area contributed by atoms with Gasteiger partial charge in [-0.05, 0) is 38.8 Å². The molecule has 0 saturated carbocycles. The van der Waals surface area contributed by atoms with Crippen molar-refractivity contribution in [1.82, 2.24) is 10.2 Å². The van der Waals surface area contributed by atoms with E-state index in [1.807, 2.05) is 0 Å². The topological polar surface area (TPSA) is 96.7 Å². The Balaban J connectivity index is 0.00000225. The molecule has 2 heterocycles. The lowest BCUT2D eigenvalue weighted by Gasteiger charge is -2.36. The monoisotopic (exact) mass is 370 g/mol. The smallest absolute Gasteiger partial charge is 0.319 e. The van der Waals surface area contributed by atoms with Gasteiger partial charge in [-0.1, -0.05) is 0 Å². The van der Waals surface area contributed by atoms with Gasteiger partial charge < -0.3 is 20.3 Å². The Hall–Kier alpha value is -2.06. The molecule has 2 bridgehead atoms. The fourth-order valence-corrected chi connectivity index (χ4v) is 3.78. The molecule has 1 aromatic rings. The number of carbonyl (C=O) groups excluding carboxylic acids is 1. The van der Waals surface area contributed by atoms with Crippen LogP contribution in [0.2, 0.25) is 0 Å². The molecule has 0 aliphatic carbocycles. The van der Waals surface area contributed by atoms with Gasteiger partial charge in [0, 0.05) is 30.3 Å². The van der Waals surface area contributed by atoms with Crippen molar-refractivity contribution >= 4 is 29.8 Å². The zero-order chi connectivity index (χ0) is 17.3. The molecule has 1 aromatic carbocycles. The van der Waals surface area contributed by atoms with Gasteiger partial charge in [0.05, 0.1) is 17.7 Å². The molecule has 2 aliphatic heterocycles. The first kappa shape index (κ1) is 19.3. The van der Waals surface area contributed by atoms with Crippen LogP contribution in [-0.2, 0) is 0 Å². The summed E-state index contributed by atoms with van der Waals surface area (Å²) in [6, 6.07) is 4.95. The van der Waals surface area contributed by atoms with Gasteiger partial charge in [0.15, 0.2) is 0 Å². The molecule has 138 valence electrons. The second-order valence-electron chi connectivity index (χ2n) is 6.46. The third-order valence-corrected chi connectivity index (χ3v) is 5.08. The van der Waals surface area contributed by atoms with E-state index in [-0.39, 0.29) is 30.2 Å². The van der Waals surface area contributed by atoms with Crippen LogP contribution in [0.4, 0.5) is 16.2 Å². The number of rotatable bonds is 4. The highest BCUT2D eigenvalue weighted by atomic mass is 35.5. The van der Waals surface area contributed by atoms with Crippen molar-refractivity contribution in [3.05, 3.63) is 28.3 Å². The highest BCUT2D eigenvalue weighted by Crippen LogP contribution is 2.34. The highest BCUT2D eigenvalue weighted by molar-refractivity contribution is 5.91. The summed E-state index contributed by atoms with van der Waals surface area (Å²) in [5, 5.41) is 16.6. The molecular formula is C16H23ClN4O4. The van der Waals surface area contributed by atoms with Crippen LogP contribution in [0.25, 0.3) is 0 Å². The molecule has 3 rings (SSSR count). The van der Waals surface area contributed by atoms with E-state index in [2.05, 4.69) is 22.6 Å². The van der Waals surface area contributed by atoms with Crippen LogP contribution in [0.1, 0.15) is 25.7 Å². The number of hydrogen-bond donors (Lipinski definition) is 2. The van der Waals surface area contributed by atoms with E-state index in [1.165, 1.54) is 38.2 Å². The fourth-order valence-electron chi connectivity index (χ4n) is 3.78. The lowest BCUT2D eigenvalue weighted by molar-refractivity contribution is -0.384. The molecular weight excluding hydrogens is 348 g/mol. The summed E-state index contributed by atoms with van der Waals surface area (Å²) < 4.78 is 5.16. The van der Waals surface area contributed by atoms with Crippen molar-refractivity contribution < 1.29 is 14.5 Å². The van der Waals surface area contributed by atoms with Crippen LogP contribution < -0.4 is 15.4 Å². The summed E-state index contributed by atoms with van der Waals surface area (Å²) >= 11 is 0. The second kappa shape index (κ2) is 7.88.